The Morgan fingerprint density at radius 3 is 2.62 bits per heavy atom. The molecule has 1 aromatic rings. The Balaban J connectivity index is 1.49. The largest absolute Gasteiger partial charge is 0.381 e. The number of ether oxygens (including phenoxy) is 1. The highest BCUT2D eigenvalue weighted by atomic mass is 16.5. The number of rotatable bonds is 2. The van der Waals surface area contributed by atoms with Crippen LogP contribution in [0.25, 0.3) is 0 Å². The average Bonchev–Trinajstić information content (AvgIpc) is 3.26. The summed E-state index contributed by atoms with van der Waals surface area (Å²) >= 11 is 0. The summed E-state index contributed by atoms with van der Waals surface area (Å²) in [6.07, 6.45) is 2.32. The van der Waals surface area contributed by atoms with Crippen molar-refractivity contribution in [2.45, 2.75) is 25.2 Å². The lowest BCUT2D eigenvalue weighted by atomic mass is 9.68. The zero-order chi connectivity index (χ0) is 16.6. The van der Waals surface area contributed by atoms with E-state index in [0.717, 1.165) is 19.3 Å². The first-order valence-electron chi connectivity index (χ1n) is 8.90. The fraction of sp³-hybridized carbons (Fsp3) is 0.579. The molecule has 3 fully saturated rings. The summed E-state index contributed by atoms with van der Waals surface area (Å²) in [5.41, 5.74) is 0.865. The highest BCUT2D eigenvalue weighted by molar-refractivity contribution is 5.87. The van der Waals surface area contributed by atoms with E-state index in [-0.39, 0.29) is 29.1 Å². The van der Waals surface area contributed by atoms with Crippen molar-refractivity contribution in [3.05, 3.63) is 35.9 Å². The van der Waals surface area contributed by atoms with Gasteiger partial charge in [0.25, 0.3) is 0 Å². The molecule has 0 radical (unpaired) electrons. The Bertz CT molecular complexity index is 617. The van der Waals surface area contributed by atoms with Crippen LogP contribution in [-0.2, 0) is 14.3 Å². The molecule has 1 N–H and O–H groups in total. The number of hydrogen-bond acceptors (Lipinski definition) is 3. The van der Waals surface area contributed by atoms with Gasteiger partial charge in [0.15, 0.2) is 0 Å². The first kappa shape index (κ1) is 15.6. The van der Waals surface area contributed by atoms with Crippen molar-refractivity contribution in [1.82, 2.24) is 10.2 Å². The van der Waals surface area contributed by atoms with Crippen molar-refractivity contribution >= 4 is 11.8 Å². The number of nitrogens with one attached hydrogen (secondary N) is 1. The molecule has 3 heterocycles. The van der Waals surface area contributed by atoms with E-state index in [4.69, 9.17) is 4.74 Å². The summed E-state index contributed by atoms with van der Waals surface area (Å²) in [6.45, 7) is 3.28. The second-order valence-corrected chi connectivity index (χ2v) is 7.22. The molecule has 2 unspecified atom stereocenters. The molecular formula is C19H24N2O3. The Labute approximate surface area is 142 Å². The lowest BCUT2D eigenvalue weighted by Crippen LogP contribution is -2.49. The number of carbonyl (C=O) groups is 2. The smallest absolute Gasteiger partial charge is 0.228 e. The normalized spacial score (nSPS) is 29.0. The fourth-order valence-corrected chi connectivity index (χ4v) is 4.54. The van der Waals surface area contributed by atoms with Crippen molar-refractivity contribution in [3.63, 3.8) is 0 Å². The summed E-state index contributed by atoms with van der Waals surface area (Å²) in [5.74, 6) is 0.587. The number of piperidine rings is 1. The van der Waals surface area contributed by atoms with Gasteiger partial charge in [-0.3, -0.25) is 9.59 Å². The molecule has 3 aliphatic heterocycles. The zero-order valence-electron chi connectivity index (χ0n) is 13.9. The summed E-state index contributed by atoms with van der Waals surface area (Å²) in [4.78, 5) is 27.2. The minimum atomic E-state index is -0.357. The van der Waals surface area contributed by atoms with E-state index in [1.165, 1.54) is 5.56 Å². The van der Waals surface area contributed by atoms with Gasteiger partial charge in [-0.15, -0.1) is 0 Å². The summed E-state index contributed by atoms with van der Waals surface area (Å²) in [5, 5.41) is 3.07. The maximum atomic E-state index is 12.6. The number of amides is 2. The van der Waals surface area contributed by atoms with Gasteiger partial charge in [0.1, 0.15) is 0 Å². The molecule has 0 aliphatic carbocycles. The molecule has 3 saturated heterocycles. The van der Waals surface area contributed by atoms with Gasteiger partial charge in [0.05, 0.1) is 17.9 Å². The van der Waals surface area contributed by atoms with E-state index in [9.17, 15) is 9.59 Å². The Hall–Kier alpha value is -1.88. The van der Waals surface area contributed by atoms with Crippen LogP contribution in [0.1, 0.15) is 30.7 Å². The predicted molar refractivity (Wildman–Crippen MR) is 89.4 cm³/mol. The molecule has 0 aromatic heterocycles. The SMILES string of the molecule is O=C(C1CCOC1)N1CCC2(CC1)C(=O)NCC2c1ccccc1. The molecule has 2 atom stereocenters. The molecular weight excluding hydrogens is 304 g/mol. The van der Waals surface area contributed by atoms with Crippen LogP contribution >= 0.6 is 0 Å². The molecule has 5 nitrogen and oxygen atoms in total. The van der Waals surface area contributed by atoms with Crippen LogP contribution in [-0.4, -0.2) is 49.6 Å². The molecule has 0 bridgehead atoms. The lowest BCUT2D eigenvalue weighted by Gasteiger charge is -2.41. The van der Waals surface area contributed by atoms with Gasteiger partial charge >= 0.3 is 0 Å². The second kappa shape index (κ2) is 6.20. The number of carbonyl (C=O) groups excluding carboxylic acids is 2. The Morgan fingerprint density at radius 1 is 1.21 bits per heavy atom. The summed E-state index contributed by atoms with van der Waals surface area (Å²) in [6, 6.07) is 10.3. The number of nitrogens with zero attached hydrogens (tertiary/aromatic N) is 1. The number of hydrogen-bond donors (Lipinski definition) is 1. The van der Waals surface area contributed by atoms with Crippen LogP contribution in [0, 0.1) is 11.3 Å². The van der Waals surface area contributed by atoms with E-state index in [1.54, 1.807) is 0 Å². The summed E-state index contributed by atoms with van der Waals surface area (Å²) in [7, 11) is 0. The van der Waals surface area contributed by atoms with Crippen molar-refractivity contribution in [2.75, 3.05) is 32.8 Å². The van der Waals surface area contributed by atoms with Crippen molar-refractivity contribution in [3.8, 4) is 0 Å². The third-order valence-electron chi connectivity index (χ3n) is 6.03. The van der Waals surface area contributed by atoms with Gasteiger partial charge in [0, 0.05) is 32.2 Å². The van der Waals surface area contributed by atoms with E-state index in [2.05, 4.69) is 17.4 Å². The van der Waals surface area contributed by atoms with Gasteiger partial charge in [-0.05, 0) is 24.8 Å². The first-order valence-corrected chi connectivity index (χ1v) is 8.90. The van der Waals surface area contributed by atoms with Crippen molar-refractivity contribution < 1.29 is 14.3 Å². The highest BCUT2D eigenvalue weighted by Crippen LogP contribution is 2.47. The van der Waals surface area contributed by atoms with Crippen molar-refractivity contribution in [1.29, 1.82) is 0 Å². The minimum Gasteiger partial charge on any atom is -0.381 e. The molecule has 24 heavy (non-hydrogen) atoms. The molecule has 3 aliphatic rings. The Morgan fingerprint density at radius 2 is 1.96 bits per heavy atom. The topological polar surface area (TPSA) is 58.6 Å². The third kappa shape index (κ3) is 2.51. The lowest BCUT2D eigenvalue weighted by molar-refractivity contribution is -0.141. The third-order valence-corrected chi connectivity index (χ3v) is 6.03. The van der Waals surface area contributed by atoms with E-state index >= 15 is 0 Å². The molecule has 1 spiro atoms. The molecule has 4 rings (SSSR count). The van der Waals surface area contributed by atoms with Gasteiger partial charge in [0.2, 0.25) is 11.8 Å². The maximum absolute atomic E-state index is 12.6. The van der Waals surface area contributed by atoms with Crippen LogP contribution in [0.2, 0.25) is 0 Å². The molecule has 2 amide bonds. The van der Waals surface area contributed by atoms with Gasteiger partial charge in [-0.2, -0.15) is 0 Å². The van der Waals surface area contributed by atoms with Gasteiger partial charge in [-0.1, -0.05) is 30.3 Å². The van der Waals surface area contributed by atoms with Crippen molar-refractivity contribution in [2.24, 2.45) is 11.3 Å². The first-order chi connectivity index (χ1) is 11.7. The minimum absolute atomic E-state index is 0.0152. The van der Waals surface area contributed by atoms with E-state index in [0.29, 0.717) is 32.8 Å². The monoisotopic (exact) mass is 328 g/mol. The quantitative estimate of drug-likeness (QED) is 0.896. The standard InChI is InChI=1S/C19H24N2O3/c22-17(15-6-11-24-13-15)21-9-7-19(8-10-21)16(12-20-18(19)23)14-4-2-1-3-5-14/h1-5,15-16H,6-13H2,(H,20,23). The molecule has 5 heteroatoms. The van der Waals surface area contributed by atoms with Crippen LogP contribution in [0.4, 0.5) is 0 Å². The molecule has 1 aromatic carbocycles. The molecule has 128 valence electrons. The van der Waals surface area contributed by atoms with Gasteiger partial charge in [-0.25, -0.2) is 0 Å². The highest BCUT2D eigenvalue weighted by Gasteiger charge is 2.52. The number of benzene rings is 1. The fourth-order valence-electron chi connectivity index (χ4n) is 4.54. The van der Waals surface area contributed by atoms with E-state index < -0.39 is 0 Å². The predicted octanol–water partition coefficient (Wildman–Crippen LogP) is 1.55. The summed E-state index contributed by atoms with van der Waals surface area (Å²) < 4.78 is 5.34. The number of likely N-dealkylation sites (tertiary alicyclic amines) is 1. The molecule has 0 saturated carbocycles. The average molecular weight is 328 g/mol. The Kier molecular flexibility index (Phi) is 4.04. The van der Waals surface area contributed by atoms with Crippen LogP contribution < -0.4 is 5.32 Å². The van der Waals surface area contributed by atoms with E-state index in [1.807, 2.05) is 23.1 Å². The van der Waals surface area contributed by atoms with Crippen LogP contribution in [0.15, 0.2) is 30.3 Å². The second-order valence-electron chi connectivity index (χ2n) is 7.22. The maximum Gasteiger partial charge on any atom is 0.228 e. The van der Waals surface area contributed by atoms with Crippen LogP contribution in [0.3, 0.4) is 0 Å². The zero-order valence-corrected chi connectivity index (χ0v) is 13.9. The van der Waals surface area contributed by atoms with Gasteiger partial charge < -0.3 is 15.0 Å². The van der Waals surface area contributed by atoms with Crippen LogP contribution in [0.5, 0.6) is 0 Å².